The van der Waals surface area contributed by atoms with Crippen molar-refractivity contribution in [2.24, 2.45) is 5.84 Å². The Hall–Kier alpha value is -1.57. The molecule has 0 atom stereocenters. The van der Waals surface area contributed by atoms with Crippen molar-refractivity contribution in [3.05, 3.63) is 39.9 Å². The van der Waals surface area contributed by atoms with Crippen LogP contribution in [-0.4, -0.2) is 9.97 Å². The minimum atomic E-state index is -0.381. The standard InChI is InChI=1S/C12H8BrFN4S/c13-6-1-2-7(9(14)5-6)10-16-11(18-15)8-3-4-19-12(8)17-10/h1-5H,15H2,(H,16,17,18). The maximum Gasteiger partial charge on any atom is 0.166 e. The Morgan fingerprint density at radius 3 is 2.84 bits per heavy atom. The van der Waals surface area contributed by atoms with Gasteiger partial charge in [0.25, 0.3) is 0 Å². The highest BCUT2D eigenvalue weighted by Crippen LogP contribution is 2.29. The third kappa shape index (κ3) is 2.20. The summed E-state index contributed by atoms with van der Waals surface area (Å²) in [5.41, 5.74) is 2.86. The van der Waals surface area contributed by atoms with Gasteiger partial charge in [0.15, 0.2) is 11.6 Å². The van der Waals surface area contributed by atoms with Gasteiger partial charge in [-0.3, -0.25) is 0 Å². The van der Waals surface area contributed by atoms with Gasteiger partial charge in [0.1, 0.15) is 10.6 Å². The second-order valence-corrected chi connectivity index (χ2v) is 5.61. The van der Waals surface area contributed by atoms with E-state index in [0.29, 0.717) is 21.7 Å². The average Bonchev–Trinajstić information content (AvgIpc) is 2.85. The van der Waals surface area contributed by atoms with Crippen LogP contribution in [0.2, 0.25) is 0 Å². The molecule has 0 radical (unpaired) electrons. The van der Waals surface area contributed by atoms with Crippen LogP contribution < -0.4 is 11.3 Å². The van der Waals surface area contributed by atoms with Crippen molar-refractivity contribution in [2.75, 3.05) is 5.43 Å². The second kappa shape index (κ2) is 4.84. The first-order valence-electron chi connectivity index (χ1n) is 5.36. The zero-order valence-corrected chi connectivity index (χ0v) is 11.9. The van der Waals surface area contributed by atoms with E-state index in [1.807, 2.05) is 11.4 Å². The summed E-state index contributed by atoms with van der Waals surface area (Å²) in [6.45, 7) is 0. The average molecular weight is 339 g/mol. The fourth-order valence-corrected chi connectivity index (χ4v) is 2.85. The SMILES string of the molecule is NNc1nc(-c2ccc(Br)cc2F)nc2sccc12. The quantitative estimate of drug-likeness (QED) is 0.554. The molecule has 3 rings (SSSR count). The van der Waals surface area contributed by atoms with Crippen LogP contribution in [0.1, 0.15) is 0 Å². The van der Waals surface area contributed by atoms with Crippen LogP contribution in [0.4, 0.5) is 10.2 Å². The molecular formula is C12H8BrFN4S. The normalized spacial score (nSPS) is 10.9. The number of hydrazine groups is 1. The third-order valence-electron chi connectivity index (χ3n) is 2.63. The van der Waals surface area contributed by atoms with Crippen molar-refractivity contribution in [1.82, 2.24) is 9.97 Å². The Morgan fingerprint density at radius 2 is 2.11 bits per heavy atom. The molecule has 0 fully saturated rings. The molecule has 0 aliphatic rings. The number of hydrogen-bond acceptors (Lipinski definition) is 5. The largest absolute Gasteiger partial charge is 0.308 e. The number of benzene rings is 1. The molecule has 0 unspecified atom stereocenters. The number of hydrogen-bond donors (Lipinski definition) is 2. The van der Waals surface area contributed by atoms with Gasteiger partial charge in [-0.25, -0.2) is 20.2 Å². The second-order valence-electron chi connectivity index (χ2n) is 3.80. The molecule has 7 heteroatoms. The zero-order valence-electron chi connectivity index (χ0n) is 9.52. The van der Waals surface area contributed by atoms with Crippen molar-refractivity contribution in [2.45, 2.75) is 0 Å². The van der Waals surface area contributed by atoms with Crippen LogP contribution in [0.5, 0.6) is 0 Å². The maximum absolute atomic E-state index is 13.9. The lowest BCUT2D eigenvalue weighted by Crippen LogP contribution is -2.10. The van der Waals surface area contributed by atoms with Crippen LogP contribution in [0.25, 0.3) is 21.6 Å². The number of nitrogens with two attached hydrogens (primary N) is 1. The summed E-state index contributed by atoms with van der Waals surface area (Å²) < 4.78 is 14.6. The molecule has 0 aliphatic heterocycles. The van der Waals surface area contributed by atoms with Gasteiger partial charge in [-0.15, -0.1) is 11.3 Å². The molecule has 0 saturated carbocycles. The van der Waals surface area contributed by atoms with Gasteiger partial charge >= 0.3 is 0 Å². The van der Waals surface area contributed by atoms with Crippen LogP contribution in [-0.2, 0) is 0 Å². The fourth-order valence-electron chi connectivity index (χ4n) is 1.76. The fraction of sp³-hybridized carbons (Fsp3) is 0. The van der Waals surface area contributed by atoms with E-state index in [-0.39, 0.29) is 5.82 Å². The number of rotatable bonds is 2. The number of nitrogens with zero attached hydrogens (tertiary/aromatic N) is 2. The van der Waals surface area contributed by atoms with Crippen molar-refractivity contribution >= 4 is 43.3 Å². The highest BCUT2D eigenvalue weighted by atomic mass is 79.9. The van der Waals surface area contributed by atoms with Gasteiger partial charge in [-0.2, -0.15) is 0 Å². The lowest BCUT2D eigenvalue weighted by molar-refractivity contribution is 0.629. The highest BCUT2D eigenvalue weighted by molar-refractivity contribution is 9.10. The van der Waals surface area contributed by atoms with Crippen molar-refractivity contribution in [3.8, 4) is 11.4 Å². The molecule has 3 N–H and O–H groups in total. The number of nitrogens with one attached hydrogen (secondary N) is 1. The lowest BCUT2D eigenvalue weighted by Gasteiger charge is -2.06. The van der Waals surface area contributed by atoms with Crippen molar-refractivity contribution in [1.29, 1.82) is 0 Å². The molecule has 2 aromatic heterocycles. The van der Waals surface area contributed by atoms with Gasteiger partial charge in [-0.1, -0.05) is 15.9 Å². The van der Waals surface area contributed by atoms with E-state index in [1.165, 1.54) is 17.4 Å². The Bertz CT molecular complexity index is 759. The Balaban J connectivity index is 2.24. The van der Waals surface area contributed by atoms with Gasteiger partial charge in [0.05, 0.1) is 10.9 Å². The first-order valence-corrected chi connectivity index (χ1v) is 7.03. The molecule has 0 spiro atoms. The smallest absolute Gasteiger partial charge is 0.166 e. The van der Waals surface area contributed by atoms with Gasteiger partial charge < -0.3 is 5.43 Å². The molecule has 3 aromatic rings. The van der Waals surface area contributed by atoms with E-state index >= 15 is 0 Å². The Morgan fingerprint density at radius 1 is 1.26 bits per heavy atom. The summed E-state index contributed by atoms with van der Waals surface area (Å²) >= 11 is 4.68. The predicted molar refractivity (Wildman–Crippen MR) is 78.3 cm³/mol. The van der Waals surface area contributed by atoms with E-state index in [0.717, 1.165) is 10.2 Å². The molecule has 96 valence electrons. The van der Waals surface area contributed by atoms with E-state index in [2.05, 4.69) is 31.3 Å². The van der Waals surface area contributed by atoms with Crippen LogP contribution >= 0.6 is 27.3 Å². The molecule has 0 saturated heterocycles. The first-order chi connectivity index (χ1) is 9.19. The van der Waals surface area contributed by atoms with Crippen LogP contribution in [0.15, 0.2) is 34.1 Å². The highest BCUT2D eigenvalue weighted by Gasteiger charge is 2.13. The summed E-state index contributed by atoms with van der Waals surface area (Å²) in [6, 6.07) is 6.63. The Kier molecular flexibility index (Phi) is 3.17. The summed E-state index contributed by atoms with van der Waals surface area (Å²) in [6.07, 6.45) is 0. The molecule has 19 heavy (non-hydrogen) atoms. The molecular weight excluding hydrogens is 331 g/mol. The monoisotopic (exact) mass is 338 g/mol. The van der Waals surface area contributed by atoms with E-state index in [1.54, 1.807) is 12.1 Å². The number of fused-ring (bicyclic) bond motifs is 1. The third-order valence-corrected chi connectivity index (χ3v) is 3.93. The number of thiophene rings is 1. The zero-order chi connectivity index (χ0) is 13.4. The molecule has 0 bridgehead atoms. The van der Waals surface area contributed by atoms with E-state index < -0.39 is 0 Å². The molecule has 2 heterocycles. The van der Waals surface area contributed by atoms with E-state index in [4.69, 9.17) is 5.84 Å². The molecule has 0 amide bonds. The molecule has 4 nitrogen and oxygen atoms in total. The molecule has 0 aliphatic carbocycles. The predicted octanol–water partition coefficient (Wildman–Crippen LogP) is 3.55. The van der Waals surface area contributed by atoms with Crippen LogP contribution in [0, 0.1) is 5.82 Å². The topological polar surface area (TPSA) is 63.8 Å². The molecule has 1 aromatic carbocycles. The lowest BCUT2D eigenvalue weighted by atomic mass is 10.2. The van der Waals surface area contributed by atoms with Crippen LogP contribution in [0.3, 0.4) is 0 Å². The minimum Gasteiger partial charge on any atom is -0.308 e. The van der Waals surface area contributed by atoms with Gasteiger partial charge in [0.2, 0.25) is 0 Å². The van der Waals surface area contributed by atoms with Crippen molar-refractivity contribution < 1.29 is 4.39 Å². The minimum absolute atomic E-state index is 0.313. The number of nitrogen functional groups attached to an aromatic ring is 1. The summed E-state index contributed by atoms with van der Waals surface area (Å²) in [5.74, 6) is 5.87. The van der Waals surface area contributed by atoms with E-state index in [9.17, 15) is 4.39 Å². The summed E-state index contributed by atoms with van der Waals surface area (Å²) in [4.78, 5) is 9.38. The summed E-state index contributed by atoms with van der Waals surface area (Å²) in [5, 5.41) is 2.72. The van der Waals surface area contributed by atoms with Gasteiger partial charge in [0, 0.05) is 4.47 Å². The number of aromatic nitrogens is 2. The number of anilines is 1. The summed E-state index contributed by atoms with van der Waals surface area (Å²) in [7, 11) is 0. The Labute approximate surface area is 120 Å². The van der Waals surface area contributed by atoms with Gasteiger partial charge in [-0.05, 0) is 29.6 Å². The number of halogens is 2. The van der Waals surface area contributed by atoms with Crippen molar-refractivity contribution in [3.63, 3.8) is 0 Å². The maximum atomic E-state index is 13.9. The first kappa shape index (κ1) is 12.5.